The molecule has 1 aliphatic rings. The number of ether oxygens (including phenoxy) is 1. The summed E-state index contributed by atoms with van der Waals surface area (Å²) in [6.45, 7) is -0.237. The Labute approximate surface area is 199 Å². The molecule has 0 bridgehead atoms. The fraction of sp³-hybridized carbons (Fsp3) is 0.217. The number of hydrogen-bond acceptors (Lipinski definition) is 6. The lowest BCUT2D eigenvalue weighted by atomic mass is 9.90. The minimum Gasteiger partial charge on any atom is -0.446 e. The number of halogens is 5. The van der Waals surface area contributed by atoms with Crippen LogP contribution >= 0.6 is 0 Å². The topological polar surface area (TPSA) is 109 Å². The molecule has 3 aromatic rings. The molecule has 2 heterocycles. The van der Waals surface area contributed by atoms with Crippen LogP contribution in [0.3, 0.4) is 0 Å². The van der Waals surface area contributed by atoms with E-state index in [0.29, 0.717) is 11.9 Å². The quantitative estimate of drug-likeness (QED) is 0.515. The van der Waals surface area contributed by atoms with E-state index in [2.05, 4.69) is 15.8 Å². The average Bonchev–Trinajstić information content (AvgIpc) is 2.84. The normalized spacial score (nSPS) is 17.8. The van der Waals surface area contributed by atoms with Gasteiger partial charge in [-0.15, -0.1) is 0 Å². The minimum atomic E-state index is -5.10. The van der Waals surface area contributed by atoms with E-state index in [1.807, 2.05) is 0 Å². The van der Waals surface area contributed by atoms with E-state index in [4.69, 9.17) is 10.00 Å². The zero-order valence-electron chi connectivity index (χ0n) is 18.1. The van der Waals surface area contributed by atoms with Crippen LogP contribution in [-0.2, 0) is 17.5 Å². The molecule has 2 atom stereocenters. The third-order valence-corrected chi connectivity index (χ3v) is 5.49. The van der Waals surface area contributed by atoms with E-state index in [9.17, 15) is 31.5 Å². The van der Waals surface area contributed by atoms with Crippen molar-refractivity contribution in [1.29, 1.82) is 5.26 Å². The van der Waals surface area contributed by atoms with Crippen molar-refractivity contribution in [1.82, 2.24) is 20.4 Å². The molecule has 2 unspecified atom stereocenters. The number of amides is 1. The number of hydrazine groups is 1. The molecule has 0 spiro atoms. The van der Waals surface area contributed by atoms with Crippen LogP contribution in [0.25, 0.3) is 0 Å². The van der Waals surface area contributed by atoms with Crippen LogP contribution in [0, 0.1) is 23.0 Å². The molecule has 0 radical (unpaired) electrons. The lowest BCUT2D eigenvalue weighted by Gasteiger charge is -2.30. The molecular weight excluding hydrogens is 489 g/mol. The van der Waals surface area contributed by atoms with Gasteiger partial charge in [-0.1, -0.05) is 18.2 Å². The highest BCUT2D eigenvalue weighted by Crippen LogP contribution is 2.35. The largest absolute Gasteiger partial charge is 0.446 e. The Hall–Kier alpha value is -4.31. The van der Waals surface area contributed by atoms with Gasteiger partial charge in [0.15, 0.2) is 17.3 Å². The fourth-order valence-electron chi connectivity index (χ4n) is 3.73. The van der Waals surface area contributed by atoms with Crippen molar-refractivity contribution in [2.45, 2.75) is 31.1 Å². The van der Waals surface area contributed by atoms with Gasteiger partial charge in [-0.2, -0.15) is 18.4 Å². The summed E-state index contributed by atoms with van der Waals surface area (Å²) in [7, 11) is 0. The van der Waals surface area contributed by atoms with E-state index in [-0.39, 0.29) is 13.0 Å². The van der Waals surface area contributed by atoms with Crippen molar-refractivity contribution in [3.63, 3.8) is 0 Å². The SMILES string of the molecule is N#Cc1cccc(Oc2c(C(F)(F)F)ncn(CC3CC(c4ccc(F)cc4)C(=O)NN3)c2=O)c1F. The first-order valence-electron chi connectivity index (χ1n) is 10.4. The van der Waals surface area contributed by atoms with Gasteiger partial charge < -0.3 is 4.74 Å². The number of benzene rings is 2. The van der Waals surface area contributed by atoms with E-state index < -0.39 is 64.0 Å². The number of nitrogens with one attached hydrogen (secondary N) is 2. The van der Waals surface area contributed by atoms with Gasteiger partial charge in [0, 0.05) is 12.6 Å². The molecule has 1 amide bonds. The highest BCUT2D eigenvalue weighted by atomic mass is 19.4. The zero-order chi connectivity index (χ0) is 26.0. The number of alkyl halides is 3. The maximum atomic E-state index is 14.4. The van der Waals surface area contributed by atoms with Gasteiger partial charge in [0.25, 0.3) is 5.56 Å². The van der Waals surface area contributed by atoms with Crippen LogP contribution in [0.15, 0.2) is 53.6 Å². The summed E-state index contributed by atoms with van der Waals surface area (Å²) in [6, 6.07) is 9.38. The Morgan fingerprint density at radius 1 is 1.14 bits per heavy atom. The maximum absolute atomic E-state index is 14.4. The predicted octanol–water partition coefficient (Wildman–Crippen LogP) is 3.38. The molecule has 2 N–H and O–H groups in total. The Bertz CT molecular complexity index is 1400. The molecule has 13 heteroatoms. The Morgan fingerprint density at radius 2 is 1.86 bits per heavy atom. The summed E-state index contributed by atoms with van der Waals surface area (Å²) in [5.41, 5.74) is 2.21. The lowest BCUT2D eigenvalue weighted by Crippen LogP contribution is -2.54. The molecular formula is C23H16F5N5O3. The molecule has 2 aromatic carbocycles. The third kappa shape index (κ3) is 5.03. The van der Waals surface area contributed by atoms with Gasteiger partial charge in [0.05, 0.1) is 17.8 Å². The van der Waals surface area contributed by atoms with Crippen molar-refractivity contribution in [2.24, 2.45) is 0 Å². The van der Waals surface area contributed by atoms with Crippen LogP contribution < -0.4 is 21.1 Å². The molecule has 0 aliphatic carbocycles. The maximum Gasteiger partial charge on any atom is 0.437 e. The monoisotopic (exact) mass is 505 g/mol. The summed E-state index contributed by atoms with van der Waals surface area (Å²) in [5, 5.41) is 8.95. The molecule has 186 valence electrons. The number of nitrogens with zero attached hydrogens (tertiary/aromatic N) is 3. The van der Waals surface area contributed by atoms with Crippen LogP contribution in [-0.4, -0.2) is 21.5 Å². The highest BCUT2D eigenvalue weighted by molar-refractivity contribution is 5.84. The summed E-state index contributed by atoms with van der Waals surface area (Å²) in [6.07, 6.45) is -4.30. The third-order valence-electron chi connectivity index (χ3n) is 5.49. The van der Waals surface area contributed by atoms with E-state index in [1.165, 1.54) is 36.4 Å². The number of aromatic nitrogens is 2. The summed E-state index contributed by atoms with van der Waals surface area (Å²) in [4.78, 5) is 28.6. The first-order chi connectivity index (χ1) is 17.1. The van der Waals surface area contributed by atoms with Gasteiger partial charge in [-0.3, -0.25) is 19.6 Å². The molecule has 8 nitrogen and oxygen atoms in total. The molecule has 1 saturated heterocycles. The van der Waals surface area contributed by atoms with Crippen molar-refractivity contribution in [2.75, 3.05) is 0 Å². The predicted molar refractivity (Wildman–Crippen MR) is 114 cm³/mol. The van der Waals surface area contributed by atoms with Crippen LogP contribution in [0.4, 0.5) is 22.0 Å². The molecule has 0 saturated carbocycles. The van der Waals surface area contributed by atoms with Crippen LogP contribution in [0.5, 0.6) is 11.5 Å². The van der Waals surface area contributed by atoms with E-state index in [0.717, 1.165) is 16.7 Å². The molecule has 1 aliphatic heterocycles. The zero-order valence-corrected chi connectivity index (χ0v) is 18.1. The second kappa shape index (κ2) is 9.74. The van der Waals surface area contributed by atoms with Crippen molar-refractivity contribution < 1.29 is 31.5 Å². The van der Waals surface area contributed by atoms with Gasteiger partial charge in [0.1, 0.15) is 11.9 Å². The standard InChI is InChI=1S/C23H16F5N5O3/c24-14-6-4-12(5-7-14)16-8-15(31-32-21(16)34)10-33-11-30-20(23(26,27)28)19(22(33)35)36-17-3-1-2-13(9-29)18(17)25/h1-7,11,15-16,31H,8,10H2,(H,32,34). The molecule has 1 aromatic heterocycles. The van der Waals surface area contributed by atoms with Crippen molar-refractivity contribution in [3.8, 4) is 17.6 Å². The summed E-state index contributed by atoms with van der Waals surface area (Å²) in [5.74, 6) is -4.87. The number of carbonyl (C=O) groups is 1. The number of hydrogen-bond donors (Lipinski definition) is 2. The molecule has 4 rings (SSSR count). The Morgan fingerprint density at radius 3 is 2.53 bits per heavy atom. The van der Waals surface area contributed by atoms with Crippen LogP contribution in [0.2, 0.25) is 0 Å². The van der Waals surface area contributed by atoms with E-state index in [1.54, 1.807) is 0 Å². The highest BCUT2D eigenvalue weighted by Gasteiger charge is 2.39. The van der Waals surface area contributed by atoms with Gasteiger partial charge in [-0.05, 0) is 36.2 Å². The van der Waals surface area contributed by atoms with Crippen molar-refractivity contribution in [3.05, 3.63) is 87.6 Å². The second-order valence-electron chi connectivity index (χ2n) is 7.88. The Kier molecular flexibility index (Phi) is 6.71. The number of carbonyl (C=O) groups excluding carboxylic acids is 1. The van der Waals surface area contributed by atoms with Gasteiger partial charge >= 0.3 is 6.18 Å². The van der Waals surface area contributed by atoms with Crippen molar-refractivity contribution >= 4 is 5.91 Å². The van der Waals surface area contributed by atoms with Gasteiger partial charge in [0.2, 0.25) is 11.7 Å². The number of nitriles is 1. The first-order valence-corrected chi connectivity index (χ1v) is 10.4. The molecule has 36 heavy (non-hydrogen) atoms. The molecule has 1 fully saturated rings. The van der Waals surface area contributed by atoms with Crippen LogP contribution in [0.1, 0.15) is 29.2 Å². The summed E-state index contributed by atoms with van der Waals surface area (Å²) >= 11 is 0. The van der Waals surface area contributed by atoms with Gasteiger partial charge in [-0.25, -0.2) is 19.2 Å². The van der Waals surface area contributed by atoms with E-state index >= 15 is 0 Å². The smallest absolute Gasteiger partial charge is 0.437 e. The Balaban J connectivity index is 1.65. The lowest BCUT2D eigenvalue weighted by molar-refractivity contribution is -0.142. The second-order valence-corrected chi connectivity index (χ2v) is 7.88. The minimum absolute atomic E-state index is 0.125. The fourth-order valence-corrected chi connectivity index (χ4v) is 3.73. The average molecular weight is 505 g/mol. The first kappa shape index (κ1) is 24.8. The number of rotatable bonds is 5. The summed E-state index contributed by atoms with van der Waals surface area (Å²) < 4.78 is 74.2.